The molecule has 0 bridgehead atoms. The summed E-state index contributed by atoms with van der Waals surface area (Å²) in [6, 6.07) is 4.08. The molecule has 0 aliphatic carbocycles. The van der Waals surface area contributed by atoms with Crippen molar-refractivity contribution in [3.05, 3.63) is 23.7 Å². The lowest BCUT2D eigenvalue weighted by Gasteiger charge is -2.21. The first-order valence-corrected chi connectivity index (χ1v) is 6.82. The third kappa shape index (κ3) is 2.59. The summed E-state index contributed by atoms with van der Waals surface area (Å²) in [5.74, 6) is 1.41. The van der Waals surface area contributed by atoms with Gasteiger partial charge in [0.2, 0.25) is 0 Å². The lowest BCUT2D eigenvalue weighted by molar-refractivity contribution is 0.0842. The van der Waals surface area contributed by atoms with Gasteiger partial charge >= 0.3 is 0 Å². The van der Waals surface area contributed by atoms with E-state index in [-0.39, 0.29) is 0 Å². The van der Waals surface area contributed by atoms with E-state index in [1.54, 1.807) is 0 Å². The molecular weight excluding hydrogens is 242 g/mol. The zero-order valence-electron chi connectivity index (χ0n) is 11.2. The molecule has 0 aromatic carbocycles. The Morgan fingerprint density at radius 1 is 1.32 bits per heavy atom. The van der Waals surface area contributed by atoms with Crippen LogP contribution in [0.15, 0.2) is 12.1 Å². The number of hydrogen-bond acceptors (Lipinski definition) is 5. The Kier molecular flexibility index (Phi) is 3.70. The molecule has 1 N–H and O–H groups in total. The molecule has 1 aliphatic heterocycles. The van der Waals surface area contributed by atoms with Crippen LogP contribution in [0.25, 0.3) is 5.65 Å². The second-order valence-electron chi connectivity index (χ2n) is 4.88. The fourth-order valence-corrected chi connectivity index (χ4v) is 2.45. The molecule has 0 saturated carbocycles. The molecule has 102 valence electrons. The first-order valence-electron chi connectivity index (χ1n) is 6.82. The highest BCUT2D eigenvalue weighted by Crippen LogP contribution is 2.25. The monoisotopic (exact) mass is 261 g/mol. The summed E-state index contributed by atoms with van der Waals surface area (Å²) in [4.78, 5) is 0. The minimum Gasteiger partial charge on any atom is -0.381 e. The summed E-state index contributed by atoms with van der Waals surface area (Å²) in [5.41, 5.74) is 1.95. The maximum atomic E-state index is 5.40. The van der Waals surface area contributed by atoms with Gasteiger partial charge in [-0.3, -0.25) is 0 Å². The van der Waals surface area contributed by atoms with Crippen LogP contribution < -0.4 is 5.32 Å². The maximum Gasteiger partial charge on any atom is 0.177 e. The number of hydrogen-bond donors (Lipinski definition) is 1. The van der Waals surface area contributed by atoms with Gasteiger partial charge in [0.25, 0.3) is 0 Å². The molecule has 19 heavy (non-hydrogen) atoms. The average Bonchev–Trinajstić information content (AvgIpc) is 2.88. The molecule has 6 heteroatoms. The molecule has 1 fully saturated rings. The van der Waals surface area contributed by atoms with E-state index >= 15 is 0 Å². The van der Waals surface area contributed by atoms with Crippen molar-refractivity contribution in [2.75, 3.05) is 26.8 Å². The Hall–Kier alpha value is -1.53. The molecule has 2 aromatic rings. The van der Waals surface area contributed by atoms with Gasteiger partial charge in [0.15, 0.2) is 11.5 Å². The van der Waals surface area contributed by atoms with Crippen LogP contribution in [0.3, 0.4) is 0 Å². The summed E-state index contributed by atoms with van der Waals surface area (Å²) < 4.78 is 7.28. The predicted molar refractivity (Wildman–Crippen MR) is 71.2 cm³/mol. The second-order valence-corrected chi connectivity index (χ2v) is 4.88. The largest absolute Gasteiger partial charge is 0.381 e. The Labute approximate surface area is 112 Å². The topological polar surface area (TPSA) is 64.3 Å². The summed E-state index contributed by atoms with van der Waals surface area (Å²) >= 11 is 0. The Balaban J connectivity index is 1.89. The zero-order valence-corrected chi connectivity index (χ0v) is 11.2. The van der Waals surface area contributed by atoms with Gasteiger partial charge in [-0.05, 0) is 32.0 Å². The van der Waals surface area contributed by atoms with Gasteiger partial charge in [-0.1, -0.05) is 0 Å². The first kappa shape index (κ1) is 12.5. The molecule has 0 amide bonds. The highest BCUT2D eigenvalue weighted by molar-refractivity contribution is 5.36. The predicted octanol–water partition coefficient (Wildman–Crippen LogP) is 0.780. The van der Waals surface area contributed by atoms with Gasteiger partial charge in [-0.25, -0.2) is 0 Å². The number of nitrogens with one attached hydrogen (secondary N) is 1. The molecule has 1 aliphatic rings. The highest BCUT2D eigenvalue weighted by Gasteiger charge is 2.18. The van der Waals surface area contributed by atoms with Crippen molar-refractivity contribution in [3.63, 3.8) is 0 Å². The minimum absolute atomic E-state index is 0.498. The van der Waals surface area contributed by atoms with Crippen molar-refractivity contribution >= 4 is 5.65 Å². The fourth-order valence-electron chi connectivity index (χ4n) is 2.45. The number of fused-ring (bicyclic) bond motifs is 1. The third-order valence-corrected chi connectivity index (χ3v) is 3.59. The number of ether oxygens (including phenoxy) is 1. The standard InChI is InChI=1S/C13H19N5O/c1-14-7-4-13-16-15-12-3-2-11(17-18(12)13)10-5-8-19-9-6-10/h2-3,10,14H,4-9H2,1H3. The number of rotatable bonds is 4. The zero-order chi connectivity index (χ0) is 13.1. The lowest BCUT2D eigenvalue weighted by atomic mass is 9.96. The lowest BCUT2D eigenvalue weighted by Crippen LogP contribution is -2.17. The van der Waals surface area contributed by atoms with E-state index in [1.807, 2.05) is 17.6 Å². The molecule has 2 aromatic heterocycles. The third-order valence-electron chi connectivity index (χ3n) is 3.59. The first-order chi connectivity index (χ1) is 9.38. The van der Waals surface area contributed by atoms with Crippen LogP contribution >= 0.6 is 0 Å². The van der Waals surface area contributed by atoms with Gasteiger partial charge in [0.1, 0.15) is 0 Å². The Morgan fingerprint density at radius 2 is 2.16 bits per heavy atom. The molecule has 3 heterocycles. The number of likely N-dealkylation sites (N-methyl/N-ethyl adjacent to an activating group) is 1. The Morgan fingerprint density at radius 3 is 2.95 bits per heavy atom. The van der Waals surface area contributed by atoms with E-state index in [9.17, 15) is 0 Å². The molecule has 0 unspecified atom stereocenters. The number of nitrogens with zero attached hydrogens (tertiary/aromatic N) is 4. The second kappa shape index (κ2) is 5.63. The fraction of sp³-hybridized carbons (Fsp3) is 0.615. The van der Waals surface area contributed by atoms with Gasteiger partial charge in [0.05, 0.1) is 5.69 Å². The van der Waals surface area contributed by atoms with E-state index in [1.165, 1.54) is 0 Å². The number of aromatic nitrogens is 4. The van der Waals surface area contributed by atoms with Crippen LogP contribution in [0.2, 0.25) is 0 Å². The van der Waals surface area contributed by atoms with Crippen LogP contribution in [0.4, 0.5) is 0 Å². The van der Waals surface area contributed by atoms with Gasteiger partial charge in [-0.2, -0.15) is 9.61 Å². The van der Waals surface area contributed by atoms with Crippen LogP contribution in [-0.2, 0) is 11.2 Å². The average molecular weight is 261 g/mol. The van der Waals surface area contributed by atoms with Crippen molar-refractivity contribution in [1.82, 2.24) is 25.1 Å². The van der Waals surface area contributed by atoms with E-state index in [2.05, 4.69) is 21.6 Å². The highest BCUT2D eigenvalue weighted by atomic mass is 16.5. The van der Waals surface area contributed by atoms with Crippen LogP contribution in [0.5, 0.6) is 0 Å². The molecule has 3 rings (SSSR count). The molecule has 1 saturated heterocycles. The molecule has 0 spiro atoms. The van der Waals surface area contributed by atoms with Crippen molar-refractivity contribution in [1.29, 1.82) is 0 Å². The van der Waals surface area contributed by atoms with Crippen molar-refractivity contribution in [2.24, 2.45) is 0 Å². The smallest absolute Gasteiger partial charge is 0.177 e. The minimum atomic E-state index is 0.498. The normalized spacial score (nSPS) is 17.1. The van der Waals surface area contributed by atoms with Gasteiger partial charge in [-0.15, -0.1) is 10.2 Å². The molecule has 0 radical (unpaired) electrons. The van der Waals surface area contributed by atoms with Crippen molar-refractivity contribution < 1.29 is 4.74 Å². The maximum absolute atomic E-state index is 5.40. The van der Waals surface area contributed by atoms with Gasteiger partial charge < -0.3 is 10.1 Å². The van der Waals surface area contributed by atoms with Crippen molar-refractivity contribution in [3.8, 4) is 0 Å². The SMILES string of the molecule is CNCCc1nnc2ccc(C3CCOCC3)nn12. The summed E-state index contributed by atoms with van der Waals surface area (Å²) in [6.07, 6.45) is 2.93. The molecule has 0 atom stereocenters. The van der Waals surface area contributed by atoms with Crippen LogP contribution in [0.1, 0.15) is 30.3 Å². The quantitative estimate of drug-likeness (QED) is 0.881. The van der Waals surface area contributed by atoms with E-state index in [0.717, 1.165) is 56.2 Å². The van der Waals surface area contributed by atoms with Crippen molar-refractivity contribution in [2.45, 2.75) is 25.2 Å². The van der Waals surface area contributed by atoms with Gasteiger partial charge in [0, 0.05) is 32.1 Å². The van der Waals surface area contributed by atoms with E-state index < -0.39 is 0 Å². The summed E-state index contributed by atoms with van der Waals surface area (Å²) in [6.45, 7) is 2.54. The van der Waals surface area contributed by atoms with E-state index in [0.29, 0.717) is 5.92 Å². The summed E-state index contributed by atoms with van der Waals surface area (Å²) in [7, 11) is 1.93. The molecule has 6 nitrogen and oxygen atoms in total. The Bertz CT molecular complexity index is 547. The summed E-state index contributed by atoms with van der Waals surface area (Å²) in [5, 5.41) is 16.2. The van der Waals surface area contributed by atoms with Crippen LogP contribution in [-0.4, -0.2) is 46.6 Å². The van der Waals surface area contributed by atoms with Crippen LogP contribution in [0, 0.1) is 0 Å². The van der Waals surface area contributed by atoms with E-state index in [4.69, 9.17) is 9.84 Å². The molecular formula is C13H19N5O.